The summed E-state index contributed by atoms with van der Waals surface area (Å²) in [7, 11) is 0. The first-order valence-corrected chi connectivity index (χ1v) is 11.6. The predicted octanol–water partition coefficient (Wildman–Crippen LogP) is 5.90. The summed E-state index contributed by atoms with van der Waals surface area (Å²) in [5.41, 5.74) is 5.14. The van der Waals surface area contributed by atoms with Crippen molar-refractivity contribution in [2.75, 3.05) is 6.61 Å². The highest BCUT2D eigenvalue weighted by Gasteiger charge is 2.39. The van der Waals surface area contributed by atoms with Crippen molar-refractivity contribution in [3.63, 3.8) is 0 Å². The summed E-state index contributed by atoms with van der Waals surface area (Å²) in [6.45, 7) is 13.2. The summed E-state index contributed by atoms with van der Waals surface area (Å²) < 4.78 is 11.2. The number of hydrogen-bond donors (Lipinski definition) is 0. The van der Waals surface area contributed by atoms with Gasteiger partial charge in [-0.1, -0.05) is 25.8 Å². The van der Waals surface area contributed by atoms with Crippen molar-refractivity contribution in [3.8, 4) is 17.6 Å². The van der Waals surface area contributed by atoms with E-state index in [1.807, 2.05) is 19.2 Å². The fourth-order valence-corrected chi connectivity index (χ4v) is 4.53. The summed E-state index contributed by atoms with van der Waals surface area (Å²) in [5, 5.41) is 0. The first kappa shape index (κ1) is 23.9. The molecule has 3 rings (SSSR count). The normalized spacial score (nSPS) is 15.7. The number of nitrogens with zero attached hydrogens (tertiary/aromatic N) is 1. The van der Waals surface area contributed by atoms with Crippen molar-refractivity contribution in [1.82, 2.24) is 4.98 Å². The predicted molar refractivity (Wildman–Crippen MR) is 128 cm³/mol. The number of benzene rings is 1. The molecule has 0 saturated heterocycles. The van der Waals surface area contributed by atoms with Crippen LogP contribution in [0.5, 0.6) is 5.75 Å². The van der Waals surface area contributed by atoms with E-state index in [-0.39, 0.29) is 17.0 Å². The number of carbonyl (C=O) groups excluding carboxylic acids is 1. The van der Waals surface area contributed by atoms with Gasteiger partial charge in [-0.25, -0.2) is 4.98 Å². The van der Waals surface area contributed by atoms with Crippen molar-refractivity contribution in [2.24, 2.45) is 0 Å². The molecule has 0 saturated carbocycles. The zero-order chi connectivity index (χ0) is 23.4. The van der Waals surface area contributed by atoms with E-state index in [0.717, 1.165) is 53.8 Å². The number of rotatable bonds is 6. The molecule has 32 heavy (non-hydrogen) atoms. The minimum absolute atomic E-state index is 0.0361. The minimum Gasteiger partial charge on any atom is -0.488 e. The Bertz CT molecular complexity index is 1020. The smallest absolute Gasteiger partial charge is 0.305 e. The number of carbonyl (C=O) groups is 1. The number of aromatic nitrogens is 1. The van der Waals surface area contributed by atoms with Crippen LogP contribution in [0.15, 0.2) is 30.5 Å². The van der Waals surface area contributed by atoms with Crippen LogP contribution in [-0.2, 0) is 21.4 Å². The van der Waals surface area contributed by atoms with Crippen molar-refractivity contribution in [1.29, 1.82) is 0 Å². The second kappa shape index (κ2) is 9.77. The monoisotopic (exact) mass is 433 g/mol. The molecule has 0 unspecified atom stereocenters. The van der Waals surface area contributed by atoms with Crippen molar-refractivity contribution in [2.45, 2.75) is 84.7 Å². The average molecular weight is 434 g/mol. The highest BCUT2D eigenvalue weighted by Crippen LogP contribution is 2.45. The number of unbranched alkanes of at least 4 members (excludes halogenated alkanes) is 1. The molecule has 170 valence electrons. The first-order chi connectivity index (χ1) is 15.1. The zero-order valence-electron chi connectivity index (χ0n) is 20.3. The molecule has 2 aromatic rings. The molecule has 0 fully saturated rings. The fourth-order valence-electron chi connectivity index (χ4n) is 4.53. The highest BCUT2D eigenvalue weighted by molar-refractivity contribution is 5.69. The van der Waals surface area contributed by atoms with Gasteiger partial charge in [-0.05, 0) is 94.0 Å². The third-order valence-electron chi connectivity index (χ3n) is 5.86. The maximum absolute atomic E-state index is 11.4. The topological polar surface area (TPSA) is 48.4 Å². The third-order valence-corrected chi connectivity index (χ3v) is 5.86. The highest BCUT2D eigenvalue weighted by atomic mass is 16.5. The Morgan fingerprint density at radius 3 is 2.62 bits per heavy atom. The molecule has 0 spiro atoms. The van der Waals surface area contributed by atoms with Crippen LogP contribution >= 0.6 is 0 Å². The van der Waals surface area contributed by atoms with Gasteiger partial charge in [-0.3, -0.25) is 4.79 Å². The van der Waals surface area contributed by atoms with Gasteiger partial charge in [0.15, 0.2) is 0 Å². The molecule has 1 aromatic heterocycles. The fraction of sp³-hybridized carbons (Fsp3) is 0.500. The molecule has 1 aromatic carbocycles. The van der Waals surface area contributed by atoms with Crippen molar-refractivity contribution >= 4 is 5.97 Å². The van der Waals surface area contributed by atoms with Crippen LogP contribution in [0.1, 0.15) is 88.2 Å². The van der Waals surface area contributed by atoms with Gasteiger partial charge in [-0.2, -0.15) is 0 Å². The lowest BCUT2D eigenvalue weighted by atomic mass is 9.73. The lowest BCUT2D eigenvalue weighted by Crippen LogP contribution is -2.41. The Kier molecular flexibility index (Phi) is 7.29. The van der Waals surface area contributed by atoms with Gasteiger partial charge in [0.1, 0.15) is 17.0 Å². The van der Waals surface area contributed by atoms with Crippen molar-refractivity contribution < 1.29 is 14.3 Å². The lowest BCUT2D eigenvalue weighted by Gasteiger charge is -2.42. The molecule has 0 bridgehead atoms. The molecule has 4 nitrogen and oxygen atoms in total. The number of esters is 1. The number of ether oxygens (including phenoxy) is 2. The van der Waals surface area contributed by atoms with Gasteiger partial charge >= 0.3 is 5.97 Å². The van der Waals surface area contributed by atoms with Crippen LogP contribution in [0.3, 0.4) is 0 Å². The van der Waals surface area contributed by atoms with Gasteiger partial charge in [0.2, 0.25) is 0 Å². The summed E-state index contributed by atoms with van der Waals surface area (Å²) in [6.07, 6.45) is 5.99. The van der Waals surface area contributed by atoms with Crippen LogP contribution < -0.4 is 4.74 Å². The Balaban J connectivity index is 1.66. The molecule has 0 atom stereocenters. The minimum atomic E-state index is -0.166. The van der Waals surface area contributed by atoms with E-state index in [9.17, 15) is 4.79 Å². The molecule has 0 N–H and O–H groups in total. The summed E-state index contributed by atoms with van der Waals surface area (Å²) in [5.74, 6) is 7.38. The van der Waals surface area contributed by atoms with Gasteiger partial charge in [-0.15, -0.1) is 0 Å². The lowest BCUT2D eigenvalue weighted by molar-refractivity contribution is -0.143. The third kappa shape index (κ3) is 6.13. The Morgan fingerprint density at radius 1 is 1.16 bits per heavy atom. The maximum Gasteiger partial charge on any atom is 0.305 e. The average Bonchev–Trinajstić information content (AvgIpc) is 2.69. The van der Waals surface area contributed by atoms with Crippen LogP contribution in [0.2, 0.25) is 0 Å². The molecular formula is C28H35NO3. The molecule has 0 aliphatic carbocycles. The van der Waals surface area contributed by atoms with Crippen LogP contribution in [0.25, 0.3) is 0 Å². The maximum atomic E-state index is 11.4. The van der Waals surface area contributed by atoms with E-state index in [2.05, 4.69) is 69.6 Å². The summed E-state index contributed by atoms with van der Waals surface area (Å²) >= 11 is 0. The van der Waals surface area contributed by atoms with Crippen LogP contribution in [-0.4, -0.2) is 23.2 Å². The van der Waals surface area contributed by atoms with E-state index in [0.29, 0.717) is 13.0 Å². The van der Waals surface area contributed by atoms with E-state index in [1.54, 1.807) is 0 Å². The molecule has 1 aliphatic heterocycles. The molecule has 2 heterocycles. The molecular weight excluding hydrogens is 398 g/mol. The summed E-state index contributed by atoms with van der Waals surface area (Å²) in [6, 6.07) is 8.34. The van der Waals surface area contributed by atoms with Crippen LogP contribution in [0, 0.1) is 18.8 Å². The SMILES string of the molecule is CCOC(=O)CCCCc1ccc(C#Cc2cc3c(cc2C)OC(C)(C)CC3(C)C)nc1. The first-order valence-electron chi connectivity index (χ1n) is 11.6. The van der Waals surface area contributed by atoms with E-state index in [1.165, 1.54) is 5.56 Å². The number of pyridine rings is 1. The molecule has 1 aliphatic rings. The summed E-state index contributed by atoms with van der Waals surface area (Å²) in [4.78, 5) is 15.9. The van der Waals surface area contributed by atoms with Gasteiger partial charge in [0, 0.05) is 23.7 Å². The van der Waals surface area contributed by atoms with Crippen molar-refractivity contribution in [3.05, 3.63) is 58.4 Å². The second-order valence-corrected chi connectivity index (χ2v) is 9.90. The number of aryl methyl sites for hydroxylation is 2. The molecule has 4 heteroatoms. The Hall–Kier alpha value is -2.80. The van der Waals surface area contributed by atoms with E-state index < -0.39 is 0 Å². The molecule has 0 amide bonds. The van der Waals surface area contributed by atoms with E-state index >= 15 is 0 Å². The number of fused-ring (bicyclic) bond motifs is 1. The van der Waals surface area contributed by atoms with Gasteiger partial charge < -0.3 is 9.47 Å². The largest absolute Gasteiger partial charge is 0.488 e. The van der Waals surface area contributed by atoms with E-state index in [4.69, 9.17) is 9.47 Å². The number of hydrogen-bond acceptors (Lipinski definition) is 4. The van der Waals surface area contributed by atoms with Gasteiger partial charge in [0.05, 0.1) is 6.61 Å². The zero-order valence-corrected chi connectivity index (χ0v) is 20.3. The van der Waals surface area contributed by atoms with Gasteiger partial charge in [0.25, 0.3) is 0 Å². The Morgan fingerprint density at radius 2 is 1.94 bits per heavy atom. The standard InChI is InChI=1S/C28H35NO3/c1-7-31-26(30)11-9-8-10-21-12-14-23(29-18-21)15-13-22-17-24-25(16-20(22)2)32-28(5,6)19-27(24,3)4/h12,14,16-18H,7-11,19H2,1-6H3. The molecule has 0 radical (unpaired) electrons. The quantitative estimate of drug-likeness (QED) is 0.323. The second-order valence-electron chi connectivity index (χ2n) is 9.90. The Labute approximate surface area is 192 Å². The van der Waals surface area contributed by atoms with Crippen LogP contribution in [0.4, 0.5) is 0 Å².